The zero-order chi connectivity index (χ0) is 11.3. The van der Waals surface area contributed by atoms with Gasteiger partial charge in [-0.2, -0.15) is 5.10 Å². The highest BCUT2D eigenvalue weighted by Gasteiger charge is 2.08. The highest BCUT2D eigenvalue weighted by molar-refractivity contribution is 5.90. The predicted octanol–water partition coefficient (Wildman–Crippen LogP) is 2.55. The molecule has 0 saturated heterocycles. The second-order valence-electron chi connectivity index (χ2n) is 3.83. The van der Waals surface area contributed by atoms with Gasteiger partial charge in [0.25, 0.3) is 0 Å². The number of carbonyl (C=O) groups is 1. The van der Waals surface area contributed by atoms with Crippen LogP contribution < -0.4 is 5.32 Å². The zero-order valence-corrected chi connectivity index (χ0v) is 9.68. The van der Waals surface area contributed by atoms with Gasteiger partial charge in [-0.25, -0.2) is 0 Å². The first-order valence-corrected chi connectivity index (χ1v) is 5.46. The molecule has 1 heterocycles. The standard InChI is InChI=1S/C11H19N3O/c1-4-5-6-7-10(15)12-11-8(2)9(3)13-14-11/h4-7H2,1-3H3,(H2,12,13,14,15). The molecule has 15 heavy (non-hydrogen) atoms. The number of aromatic amines is 1. The molecule has 0 saturated carbocycles. The molecule has 4 heteroatoms. The maximum absolute atomic E-state index is 11.5. The quantitative estimate of drug-likeness (QED) is 0.732. The number of rotatable bonds is 5. The summed E-state index contributed by atoms with van der Waals surface area (Å²) in [5.74, 6) is 0.715. The van der Waals surface area contributed by atoms with Crippen molar-refractivity contribution in [3.05, 3.63) is 11.3 Å². The third-order valence-electron chi connectivity index (χ3n) is 2.52. The Hall–Kier alpha value is -1.32. The van der Waals surface area contributed by atoms with E-state index in [-0.39, 0.29) is 5.91 Å². The van der Waals surface area contributed by atoms with E-state index < -0.39 is 0 Å². The number of aromatic nitrogens is 2. The van der Waals surface area contributed by atoms with Crippen molar-refractivity contribution in [3.63, 3.8) is 0 Å². The van der Waals surface area contributed by atoms with Crippen molar-refractivity contribution in [2.24, 2.45) is 0 Å². The Kier molecular flexibility index (Phi) is 4.34. The van der Waals surface area contributed by atoms with E-state index in [1.807, 2.05) is 13.8 Å². The minimum atomic E-state index is 0.0538. The first kappa shape index (κ1) is 11.8. The first-order chi connectivity index (χ1) is 7.15. The number of carbonyl (C=O) groups excluding carboxylic acids is 1. The second-order valence-corrected chi connectivity index (χ2v) is 3.83. The molecule has 0 aliphatic carbocycles. The second kappa shape index (κ2) is 5.53. The van der Waals surface area contributed by atoms with Crippen molar-refractivity contribution < 1.29 is 4.79 Å². The summed E-state index contributed by atoms with van der Waals surface area (Å²) in [6, 6.07) is 0. The van der Waals surface area contributed by atoms with Crippen LogP contribution in [-0.2, 0) is 4.79 Å². The van der Waals surface area contributed by atoms with Gasteiger partial charge in [-0.1, -0.05) is 19.8 Å². The number of nitrogens with zero attached hydrogens (tertiary/aromatic N) is 1. The lowest BCUT2D eigenvalue weighted by atomic mass is 10.2. The van der Waals surface area contributed by atoms with E-state index in [0.717, 1.165) is 30.5 Å². The van der Waals surface area contributed by atoms with Gasteiger partial charge >= 0.3 is 0 Å². The molecule has 84 valence electrons. The average molecular weight is 209 g/mol. The van der Waals surface area contributed by atoms with Gasteiger partial charge in [-0.3, -0.25) is 9.89 Å². The Morgan fingerprint density at radius 1 is 1.40 bits per heavy atom. The molecule has 0 unspecified atom stereocenters. The van der Waals surface area contributed by atoms with Crippen LogP contribution in [0.5, 0.6) is 0 Å². The molecule has 4 nitrogen and oxygen atoms in total. The van der Waals surface area contributed by atoms with Crippen LogP contribution in [-0.4, -0.2) is 16.1 Å². The van der Waals surface area contributed by atoms with Crippen LogP contribution in [0.1, 0.15) is 43.9 Å². The Morgan fingerprint density at radius 2 is 2.13 bits per heavy atom. The molecule has 2 N–H and O–H groups in total. The van der Waals surface area contributed by atoms with Gasteiger partial charge in [0, 0.05) is 17.7 Å². The Labute approximate surface area is 90.5 Å². The van der Waals surface area contributed by atoms with Crippen LogP contribution in [0.15, 0.2) is 0 Å². The fraction of sp³-hybridized carbons (Fsp3) is 0.636. The summed E-state index contributed by atoms with van der Waals surface area (Å²) in [4.78, 5) is 11.5. The molecule has 0 aliphatic rings. The maximum atomic E-state index is 11.5. The minimum absolute atomic E-state index is 0.0538. The van der Waals surface area contributed by atoms with Crippen LogP contribution >= 0.6 is 0 Å². The minimum Gasteiger partial charge on any atom is -0.309 e. The van der Waals surface area contributed by atoms with Crippen molar-refractivity contribution in [1.29, 1.82) is 0 Å². The summed E-state index contributed by atoms with van der Waals surface area (Å²) >= 11 is 0. The normalized spacial score (nSPS) is 10.3. The summed E-state index contributed by atoms with van der Waals surface area (Å²) in [7, 11) is 0. The number of unbranched alkanes of at least 4 members (excludes halogenated alkanes) is 2. The van der Waals surface area contributed by atoms with E-state index in [4.69, 9.17) is 0 Å². The number of amides is 1. The molecule has 1 aromatic heterocycles. The van der Waals surface area contributed by atoms with Gasteiger partial charge in [0.05, 0.1) is 0 Å². The van der Waals surface area contributed by atoms with Gasteiger partial charge < -0.3 is 5.32 Å². The van der Waals surface area contributed by atoms with E-state index in [1.165, 1.54) is 0 Å². The summed E-state index contributed by atoms with van der Waals surface area (Å²) in [5, 5.41) is 9.68. The summed E-state index contributed by atoms with van der Waals surface area (Å²) < 4.78 is 0. The first-order valence-electron chi connectivity index (χ1n) is 5.46. The molecule has 0 radical (unpaired) electrons. The smallest absolute Gasteiger partial charge is 0.225 e. The molecular weight excluding hydrogens is 190 g/mol. The van der Waals surface area contributed by atoms with Crippen molar-refractivity contribution in [2.75, 3.05) is 5.32 Å². The van der Waals surface area contributed by atoms with Crippen molar-refractivity contribution in [1.82, 2.24) is 10.2 Å². The lowest BCUT2D eigenvalue weighted by Gasteiger charge is -2.02. The van der Waals surface area contributed by atoms with Crippen LogP contribution in [0, 0.1) is 13.8 Å². The van der Waals surface area contributed by atoms with Gasteiger partial charge in [0.2, 0.25) is 5.91 Å². The van der Waals surface area contributed by atoms with Gasteiger partial charge in [0.15, 0.2) is 5.82 Å². The highest BCUT2D eigenvalue weighted by atomic mass is 16.1. The van der Waals surface area contributed by atoms with E-state index in [1.54, 1.807) is 0 Å². The Balaban J connectivity index is 2.41. The Bertz CT molecular complexity index is 331. The molecule has 0 spiro atoms. The van der Waals surface area contributed by atoms with Gasteiger partial charge in [-0.05, 0) is 20.3 Å². The lowest BCUT2D eigenvalue weighted by Crippen LogP contribution is -2.12. The average Bonchev–Trinajstić information content (AvgIpc) is 2.50. The number of hydrogen-bond acceptors (Lipinski definition) is 2. The van der Waals surface area contributed by atoms with Crippen LogP contribution in [0.2, 0.25) is 0 Å². The monoisotopic (exact) mass is 209 g/mol. The number of hydrogen-bond donors (Lipinski definition) is 2. The molecule has 1 aromatic rings. The van der Waals surface area contributed by atoms with Crippen LogP contribution in [0.25, 0.3) is 0 Å². The van der Waals surface area contributed by atoms with E-state index in [9.17, 15) is 4.79 Å². The zero-order valence-electron chi connectivity index (χ0n) is 9.68. The largest absolute Gasteiger partial charge is 0.309 e. The van der Waals surface area contributed by atoms with Crippen molar-refractivity contribution in [3.8, 4) is 0 Å². The van der Waals surface area contributed by atoms with Gasteiger partial charge in [-0.15, -0.1) is 0 Å². The molecular formula is C11H19N3O. The molecule has 0 atom stereocenters. The summed E-state index contributed by atoms with van der Waals surface area (Å²) in [5.41, 5.74) is 2.01. The number of nitrogens with one attached hydrogen (secondary N) is 2. The SMILES string of the molecule is CCCCCC(=O)Nc1n[nH]c(C)c1C. The van der Waals surface area contributed by atoms with Gasteiger partial charge in [0.1, 0.15) is 0 Å². The highest BCUT2D eigenvalue weighted by Crippen LogP contribution is 2.14. The fourth-order valence-corrected chi connectivity index (χ4v) is 1.34. The molecule has 0 aliphatic heterocycles. The molecule has 1 amide bonds. The number of anilines is 1. The lowest BCUT2D eigenvalue weighted by molar-refractivity contribution is -0.116. The molecule has 1 rings (SSSR count). The maximum Gasteiger partial charge on any atom is 0.225 e. The summed E-state index contributed by atoms with van der Waals surface area (Å²) in [6.45, 7) is 6.01. The van der Waals surface area contributed by atoms with E-state index in [2.05, 4.69) is 22.4 Å². The number of H-pyrrole nitrogens is 1. The van der Waals surface area contributed by atoms with E-state index in [0.29, 0.717) is 12.2 Å². The van der Waals surface area contributed by atoms with E-state index >= 15 is 0 Å². The number of aryl methyl sites for hydroxylation is 1. The van der Waals surface area contributed by atoms with Crippen molar-refractivity contribution >= 4 is 11.7 Å². The molecule has 0 bridgehead atoms. The Morgan fingerprint density at radius 3 is 2.67 bits per heavy atom. The molecule has 0 aromatic carbocycles. The van der Waals surface area contributed by atoms with Crippen LogP contribution in [0.3, 0.4) is 0 Å². The van der Waals surface area contributed by atoms with Crippen LogP contribution in [0.4, 0.5) is 5.82 Å². The third kappa shape index (κ3) is 3.38. The summed E-state index contributed by atoms with van der Waals surface area (Å²) in [6.07, 6.45) is 3.77. The predicted molar refractivity (Wildman–Crippen MR) is 60.8 cm³/mol. The fourth-order valence-electron chi connectivity index (χ4n) is 1.34. The van der Waals surface area contributed by atoms with Crippen molar-refractivity contribution in [2.45, 2.75) is 46.5 Å². The third-order valence-corrected chi connectivity index (χ3v) is 2.52. The molecule has 0 fully saturated rings. The topological polar surface area (TPSA) is 57.8 Å².